The molecule has 0 atom stereocenters. The number of aliphatic imine (C=N–C) groups is 1. The number of guanidine groups is 1. The molecule has 0 unspecified atom stereocenters. The van der Waals surface area contributed by atoms with Crippen molar-refractivity contribution in [3.8, 4) is 5.75 Å². The highest BCUT2D eigenvalue weighted by Gasteiger charge is 1.98. The van der Waals surface area contributed by atoms with Crippen LogP contribution in [0.4, 0.5) is 0 Å². The lowest BCUT2D eigenvalue weighted by atomic mass is 10.3. The number of para-hydroxylation sites is 1. The molecule has 0 saturated heterocycles. The first-order chi connectivity index (χ1) is 11.8. The van der Waals surface area contributed by atoms with E-state index in [1.54, 1.807) is 0 Å². The predicted molar refractivity (Wildman–Crippen MR) is 97.5 cm³/mol. The Bertz CT molecular complexity index is 609. The van der Waals surface area contributed by atoms with Gasteiger partial charge in [-0.05, 0) is 31.5 Å². The largest absolute Gasteiger partial charge is 0.494 e. The number of nitrogens with zero attached hydrogens (tertiary/aromatic N) is 3. The van der Waals surface area contributed by atoms with E-state index in [2.05, 4.69) is 27.6 Å². The fraction of sp³-hybridized carbons (Fsp3) is 0.444. The van der Waals surface area contributed by atoms with E-state index in [4.69, 9.17) is 4.74 Å². The topological polar surface area (TPSA) is 63.5 Å². The quantitative estimate of drug-likeness (QED) is 0.421. The van der Waals surface area contributed by atoms with Crippen LogP contribution in [0.1, 0.15) is 18.9 Å². The molecule has 0 spiro atoms. The number of hydrogen-bond acceptors (Lipinski definition) is 3. The number of hydrogen-bond donors (Lipinski definition) is 2. The van der Waals surface area contributed by atoms with Gasteiger partial charge in [0.05, 0.1) is 19.3 Å². The lowest BCUT2D eigenvalue weighted by Gasteiger charge is -2.11. The van der Waals surface area contributed by atoms with Crippen molar-refractivity contribution in [3.05, 3.63) is 48.3 Å². The van der Waals surface area contributed by atoms with Crippen molar-refractivity contribution in [1.82, 2.24) is 20.4 Å². The second kappa shape index (κ2) is 10.3. The van der Waals surface area contributed by atoms with Gasteiger partial charge in [0.25, 0.3) is 0 Å². The van der Waals surface area contributed by atoms with E-state index in [1.807, 2.05) is 54.3 Å². The molecule has 24 heavy (non-hydrogen) atoms. The minimum absolute atomic E-state index is 0.666. The summed E-state index contributed by atoms with van der Waals surface area (Å²) in [6, 6.07) is 9.86. The van der Waals surface area contributed by atoms with Crippen LogP contribution >= 0.6 is 0 Å². The molecule has 130 valence electrons. The molecule has 1 heterocycles. The van der Waals surface area contributed by atoms with Gasteiger partial charge in [-0.25, -0.2) is 0 Å². The molecule has 0 saturated carbocycles. The summed E-state index contributed by atoms with van der Waals surface area (Å²) in [4.78, 5) is 4.57. The summed E-state index contributed by atoms with van der Waals surface area (Å²) in [6.45, 7) is 7.94. The van der Waals surface area contributed by atoms with Crippen LogP contribution in [-0.2, 0) is 6.54 Å². The van der Waals surface area contributed by atoms with E-state index < -0.39 is 0 Å². The first-order valence-electron chi connectivity index (χ1n) is 8.47. The number of benzene rings is 1. The average molecular weight is 329 g/mol. The Labute approximate surface area is 143 Å². The Morgan fingerprint density at radius 2 is 2.08 bits per heavy atom. The van der Waals surface area contributed by atoms with Crippen LogP contribution in [-0.4, -0.2) is 42.0 Å². The SMILES string of the molecule is CCNC(=NCCCOc1ccccc1)NCCn1cc(C)cn1. The van der Waals surface area contributed by atoms with E-state index in [9.17, 15) is 0 Å². The predicted octanol–water partition coefficient (Wildman–Crippen LogP) is 2.22. The highest BCUT2D eigenvalue weighted by molar-refractivity contribution is 5.79. The van der Waals surface area contributed by atoms with Gasteiger partial charge in [0.1, 0.15) is 5.75 Å². The van der Waals surface area contributed by atoms with Crippen molar-refractivity contribution in [2.24, 2.45) is 4.99 Å². The lowest BCUT2D eigenvalue weighted by molar-refractivity contribution is 0.313. The molecule has 1 aromatic heterocycles. The molecule has 0 fully saturated rings. The third-order valence-corrected chi connectivity index (χ3v) is 3.32. The van der Waals surface area contributed by atoms with E-state index >= 15 is 0 Å². The van der Waals surface area contributed by atoms with Gasteiger partial charge in [-0.3, -0.25) is 9.67 Å². The summed E-state index contributed by atoms with van der Waals surface area (Å²) in [5, 5.41) is 10.8. The average Bonchev–Trinajstić information content (AvgIpc) is 3.01. The van der Waals surface area contributed by atoms with Crippen molar-refractivity contribution in [2.45, 2.75) is 26.8 Å². The fourth-order valence-electron chi connectivity index (χ4n) is 2.18. The molecule has 0 radical (unpaired) electrons. The molecule has 0 aliphatic heterocycles. The zero-order chi connectivity index (χ0) is 17.0. The number of rotatable bonds is 9. The molecular weight excluding hydrogens is 302 g/mol. The molecule has 2 aromatic rings. The molecular formula is C18H27N5O. The van der Waals surface area contributed by atoms with Crippen LogP contribution < -0.4 is 15.4 Å². The monoisotopic (exact) mass is 329 g/mol. The maximum Gasteiger partial charge on any atom is 0.191 e. The van der Waals surface area contributed by atoms with Gasteiger partial charge in [0.15, 0.2) is 5.96 Å². The molecule has 1 aromatic carbocycles. The molecule has 0 aliphatic rings. The minimum atomic E-state index is 0.666. The molecule has 0 bridgehead atoms. The maximum atomic E-state index is 5.67. The zero-order valence-electron chi connectivity index (χ0n) is 14.5. The van der Waals surface area contributed by atoms with Crippen LogP contribution in [0.25, 0.3) is 0 Å². The summed E-state index contributed by atoms with van der Waals surface area (Å²) in [5.41, 5.74) is 1.17. The number of aromatic nitrogens is 2. The maximum absolute atomic E-state index is 5.67. The van der Waals surface area contributed by atoms with Crippen molar-refractivity contribution in [1.29, 1.82) is 0 Å². The second-order valence-electron chi connectivity index (χ2n) is 5.48. The van der Waals surface area contributed by atoms with Crippen LogP contribution in [0.5, 0.6) is 5.75 Å². The van der Waals surface area contributed by atoms with Crippen LogP contribution in [0.3, 0.4) is 0 Å². The van der Waals surface area contributed by atoms with Gasteiger partial charge < -0.3 is 15.4 Å². The highest BCUT2D eigenvalue weighted by atomic mass is 16.5. The van der Waals surface area contributed by atoms with Crippen LogP contribution in [0.2, 0.25) is 0 Å². The Morgan fingerprint density at radius 1 is 1.25 bits per heavy atom. The number of nitrogens with one attached hydrogen (secondary N) is 2. The summed E-state index contributed by atoms with van der Waals surface area (Å²) in [6.07, 6.45) is 4.78. The van der Waals surface area contributed by atoms with E-state index in [0.717, 1.165) is 44.3 Å². The van der Waals surface area contributed by atoms with Crippen molar-refractivity contribution in [3.63, 3.8) is 0 Å². The Balaban J connectivity index is 1.66. The van der Waals surface area contributed by atoms with Gasteiger partial charge >= 0.3 is 0 Å². The smallest absolute Gasteiger partial charge is 0.191 e. The third kappa shape index (κ3) is 6.73. The van der Waals surface area contributed by atoms with Crippen LogP contribution in [0, 0.1) is 6.92 Å². The van der Waals surface area contributed by atoms with Gasteiger partial charge in [-0.1, -0.05) is 18.2 Å². The van der Waals surface area contributed by atoms with Crippen LogP contribution in [0.15, 0.2) is 47.7 Å². The van der Waals surface area contributed by atoms with E-state index in [1.165, 1.54) is 5.56 Å². The molecule has 6 heteroatoms. The summed E-state index contributed by atoms with van der Waals surface area (Å²) >= 11 is 0. The fourth-order valence-corrected chi connectivity index (χ4v) is 2.18. The standard InChI is InChI=1S/C18H27N5O/c1-3-19-18(21-11-12-23-15-16(2)14-22-23)20-10-7-13-24-17-8-5-4-6-9-17/h4-6,8-9,14-15H,3,7,10-13H2,1-2H3,(H2,19,20,21). The van der Waals surface area contributed by atoms with Gasteiger partial charge in [-0.2, -0.15) is 5.10 Å². The molecule has 0 amide bonds. The van der Waals surface area contributed by atoms with Crippen molar-refractivity contribution >= 4 is 5.96 Å². The second-order valence-corrected chi connectivity index (χ2v) is 5.48. The van der Waals surface area contributed by atoms with E-state index in [-0.39, 0.29) is 0 Å². The van der Waals surface area contributed by atoms with Gasteiger partial charge in [0, 0.05) is 32.3 Å². The lowest BCUT2D eigenvalue weighted by Crippen LogP contribution is -2.39. The highest BCUT2D eigenvalue weighted by Crippen LogP contribution is 2.08. The number of ether oxygens (including phenoxy) is 1. The number of aryl methyl sites for hydroxylation is 1. The molecule has 2 N–H and O–H groups in total. The van der Waals surface area contributed by atoms with Gasteiger partial charge in [-0.15, -0.1) is 0 Å². The molecule has 0 aliphatic carbocycles. The first-order valence-corrected chi connectivity index (χ1v) is 8.47. The summed E-state index contributed by atoms with van der Waals surface area (Å²) in [5.74, 6) is 1.74. The normalized spacial score (nSPS) is 11.3. The van der Waals surface area contributed by atoms with Crippen molar-refractivity contribution in [2.75, 3.05) is 26.2 Å². The summed E-state index contributed by atoms with van der Waals surface area (Å²) < 4.78 is 7.60. The van der Waals surface area contributed by atoms with E-state index in [0.29, 0.717) is 6.61 Å². The Morgan fingerprint density at radius 3 is 2.79 bits per heavy atom. The molecule has 6 nitrogen and oxygen atoms in total. The Kier molecular flexibility index (Phi) is 7.67. The molecule has 2 rings (SSSR count). The van der Waals surface area contributed by atoms with Crippen molar-refractivity contribution < 1.29 is 4.74 Å². The van der Waals surface area contributed by atoms with Gasteiger partial charge in [0.2, 0.25) is 0 Å². The Hall–Kier alpha value is -2.50. The zero-order valence-corrected chi connectivity index (χ0v) is 14.5. The summed E-state index contributed by atoms with van der Waals surface area (Å²) in [7, 11) is 0. The minimum Gasteiger partial charge on any atom is -0.494 e. The first kappa shape index (κ1) is 17.8. The third-order valence-electron chi connectivity index (χ3n) is 3.32.